The van der Waals surface area contributed by atoms with Gasteiger partial charge >= 0.3 is 0 Å². The zero-order valence-corrected chi connectivity index (χ0v) is 24.5. The molecule has 4 heterocycles. The molecule has 1 amide bonds. The molecule has 3 aromatic heterocycles. The molecule has 2 aromatic carbocycles. The van der Waals surface area contributed by atoms with Gasteiger partial charge in [0.25, 0.3) is 0 Å². The van der Waals surface area contributed by atoms with E-state index in [9.17, 15) is 4.79 Å². The van der Waals surface area contributed by atoms with Crippen LogP contribution in [0.4, 0.5) is 17.2 Å². The fourth-order valence-electron chi connectivity index (χ4n) is 5.00. The highest BCUT2D eigenvalue weighted by atomic mass is 35.5. The number of benzene rings is 2. The Morgan fingerprint density at radius 1 is 1.02 bits per heavy atom. The number of halogens is 1. The highest BCUT2D eigenvalue weighted by molar-refractivity contribution is 6.32. The summed E-state index contributed by atoms with van der Waals surface area (Å²) in [6, 6.07) is 10.7. The van der Waals surface area contributed by atoms with E-state index < -0.39 is 0 Å². The lowest BCUT2D eigenvalue weighted by atomic mass is 10.1. The fraction of sp³-hybridized carbons (Fsp3) is 0.233. The molecule has 12 nitrogen and oxygen atoms in total. The Balaban J connectivity index is 1.27. The summed E-state index contributed by atoms with van der Waals surface area (Å²) in [6.07, 6.45) is 10.3. The topological polar surface area (TPSA) is 128 Å². The number of anilines is 3. The van der Waals surface area contributed by atoms with Crippen LogP contribution in [0, 0.1) is 0 Å². The van der Waals surface area contributed by atoms with E-state index in [4.69, 9.17) is 25.8 Å². The lowest BCUT2D eigenvalue weighted by Gasteiger charge is -2.16. The van der Waals surface area contributed by atoms with Crippen LogP contribution in [0.2, 0.25) is 5.02 Å². The Bertz CT molecular complexity index is 1840. The highest BCUT2D eigenvalue weighted by Gasteiger charge is 2.19. The van der Waals surface area contributed by atoms with Crippen LogP contribution in [-0.4, -0.2) is 69.2 Å². The van der Waals surface area contributed by atoms with Gasteiger partial charge in [0, 0.05) is 41.9 Å². The zero-order chi connectivity index (χ0) is 29.9. The van der Waals surface area contributed by atoms with Crippen molar-refractivity contribution in [3.63, 3.8) is 0 Å². The van der Waals surface area contributed by atoms with Gasteiger partial charge < -0.3 is 24.8 Å². The summed E-state index contributed by atoms with van der Waals surface area (Å²) >= 11 is 6.64. The van der Waals surface area contributed by atoms with Crippen molar-refractivity contribution < 1.29 is 19.0 Å². The van der Waals surface area contributed by atoms with E-state index in [1.807, 2.05) is 6.08 Å². The number of carbonyl (C=O) groups is 1. The minimum absolute atomic E-state index is 0.253. The Kier molecular flexibility index (Phi) is 7.95. The van der Waals surface area contributed by atoms with Gasteiger partial charge in [0.15, 0.2) is 5.65 Å². The number of fused-ring (bicyclic) bond motifs is 2. The van der Waals surface area contributed by atoms with E-state index in [2.05, 4.69) is 42.6 Å². The molecule has 0 radical (unpaired) electrons. The molecule has 0 spiro atoms. The Morgan fingerprint density at radius 2 is 1.86 bits per heavy atom. The lowest BCUT2D eigenvalue weighted by Crippen LogP contribution is -2.23. The molecule has 0 bridgehead atoms. The summed E-state index contributed by atoms with van der Waals surface area (Å²) in [6.45, 7) is 1.02. The number of likely N-dealkylation sites (tertiary alicyclic amines) is 1. The van der Waals surface area contributed by atoms with Crippen molar-refractivity contribution in [3.05, 3.63) is 72.4 Å². The normalized spacial score (nSPS) is 15.3. The SMILES string of the molecule is COc1cc2ncnc(Nc3cc(Cl)c(Oc4ccn5ncnc5c4)cc3OC)c2cc1NC(=O)/C=C/[C@H]1CCCN1C. The molecule has 13 heteroatoms. The van der Waals surface area contributed by atoms with Gasteiger partial charge in [0.05, 0.1) is 36.1 Å². The number of pyridine rings is 1. The molecule has 0 saturated carbocycles. The minimum Gasteiger partial charge on any atom is -0.494 e. The number of carbonyl (C=O) groups excluding carboxylic acids is 1. The van der Waals surface area contributed by atoms with Crippen LogP contribution in [0.1, 0.15) is 12.8 Å². The molecule has 1 aliphatic rings. The number of rotatable bonds is 9. The molecular formula is C30H29ClN8O4. The van der Waals surface area contributed by atoms with Crippen molar-refractivity contribution in [1.82, 2.24) is 29.5 Å². The maximum absolute atomic E-state index is 12.8. The molecular weight excluding hydrogens is 572 g/mol. The van der Waals surface area contributed by atoms with Crippen molar-refractivity contribution in [2.75, 3.05) is 38.4 Å². The maximum atomic E-state index is 12.8. The summed E-state index contributed by atoms with van der Waals surface area (Å²) in [7, 11) is 5.15. The van der Waals surface area contributed by atoms with Gasteiger partial charge in [0.2, 0.25) is 5.91 Å². The van der Waals surface area contributed by atoms with Crippen molar-refractivity contribution in [2.24, 2.45) is 0 Å². The Labute approximate surface area is 252 Å². The van der Waals surface area contributed by atoms with E-state index in [1.165, 1.54) is 12.7 Å². The quantitative estimate of drug-likeness (QED) is 0.210. The van der Waals surface area contributed by atoms with Gasteiger partial charge in [-0.2, -0.15) is 5.10 Å². The second kappa shape index (κ2) is 12.1. The van der Waals surface area contributed by atoms with Crippen LogP contribution >= 0.6 is 11.6 Å². The molecule has 43 heavy (non-hydrogen) atoms. The van der Waals surface area contributed by atoms with E-state index >= 15 is 0 Å². The van der Waals surface area contributed by atoms with Gasteiger partial charge in [-0.1, -0.05) is 17.7 Å². The number of nitrogens with zero attached hydrogens (tertiary/aromatic N) is 6. The van der Waals surface area contributed by atoms with E-state index in [-0.39, 0.29) is 11.9 Å². The highest BCUT2D eigenvalue weighted by Crippen LogP contribution is 2.41. The van der Waals surface area contributed by atoms with E-state index in [0.29, 0.717) is 61.8 Å². The molecule has 5 aromatic rings. The van der Waals surface area contributed by atoms with Crippen molar-refractivity contribution in [2.45, 2.75) is 18.9 Å². The number of likely N-dealkylation sites (N-methyl/N-ethyl adjacent to an activating group) is 1. The molecule has 1 fully saturated rings. The predicted molar refractivity (Wildman–Crippen MR) is 164 cm³/mol. The predicted octanol–water partition coefficient (Wildman–Crippen LogP) is 5.47. The van der Waals surface area contributed by atoms with Crippen LogP contribution in [0.25, 0.3) is 16.6 Å². The average molecular weight is 601 g/mol. The number of amides is 1. The number of ether oxygens (including phenoxy) is 3. The summed E-state index contributed by atoms with van der Waals surface area (Å²) in [4.78, 5) is 28.1. The van der Waals surface area contributed by atoms with Gasteiger partial charge in [-0.3, -0.25) is 9.69 Å². The van der Waals surface area contributed by atoms with E-state index in [1.54, 1.807) is 67.4 Å². The van der Waals surface area contributed by atoms with Crippen molar-refractivity contribution in [1.29, 1.82) is 0 Å². The molecule has 6 rings (SSSR count). The molecule has 220 valence electrons. The number of hydrogen-bond acceptors (Lipinski definition) is 10. The van der Waals surface area contributed by atoms with Gasteiger partial charge in [-0.05, 0) is 44.6 Å². The monoisotopic (exact) mass is 600 g/mol. The standard InChI is InChI=1S/C30H29ClN8O4/c1-38-9-4-5-18(38)6-7-29(40)36-23-12-20-22(14-26(23)41-2)32-16-34-30(20)37-24-13-21(31)25(15-27(24)42-3)43-19-8-10-39-28(11-19)33-17-35-39/h6-8,10-18H,4-5,9H2,1-3H3,(H,36,40)(H,32,34,37)/b7-6+/t18-/m1/s1. The Hall–Kier alpha value is -4.94. The summed E-state index contributed by atoms with van der Waals surface area (Å²) < 4.78 is 18.9. The smallest absolute Gasteiger partial charge is 0.248 e. The van der Waals surface area contributed by atoms with Crippen LogP contribution < -0.4 is 24.8 Å². The summed E-state index contributed by atoms with van der Waals surface area (Å²) in [5, 5.41) is 11.3. The second-order valence-corrected chi connectivity index (χ2v) is 10.4. The van der Waals surface area contributed by atoms with Gasteiger partial charge in [0.1, 0.15) is 41.5 Å². The van der Waals surface area contributed by atoms with Crippen LogP contribution in [0.15, 0.2) is 67.4 Å². The fourth-order valence-corrected chi connectivity index (χ4v) is 5.20. The van der Waals surface area contributed by atoms with Gasteiger partial charge in [-0.15, -0.1) is 0 Å². The largest absolute Gasteiger partial charge is 0.494 e. The first-order chi connectivity index (χ1) is 20.9. The number of hydrogen-bond donors (Lipinski definition) is 2. The number of nitrogens with one attached hydrogen (secondary N) is 2. The first kappa shape index (κ1) is 28.2. The van der Waals surface area contributed by atoms with Crippen LogP contribution in [0.3, 0.4) is 0 Å². The third-order valence-corrected chi connectivity index (χ3v) is 7.54. The van der Waals surface area contributed by atoms with Crippen LogP contribution in [-0.2, 0) is 4.79 Å². The molecule has 2 N–H and O–H groups in total. The molecule has 1 aliphatic heterocycles. The minimum atomic E-state index is -0.253. The maximum Gasteiger partial charge on any atom is 0.248 e. The zero-order valence-electron chi connectivity index (χ0n) is 23.7. The van der Waals surface area contributed by atoms with Crippen molar-refractivity contribution in [3.8, 4) is 23.0 Å². The number of methoxy groups -OCH3 is 2. The second-order valence-electron chi connectivity index (χ2n) is 9.97. The lowest BCUT2D eigenvalue weighted by molar-refractivity contribution is -0.111. The Morgan fingerprint density at radius 3 is 2.65 bits per heavy atom. The molecule has 1 saturated heterocycles. The third kappa shape index (κ3) is 6.01. The van der Waals surface area contributed by atoms with Gasteiger partial charge in [-0.25, -0.2) is 19.5 Å². The number of aromatic nitrogens is 5. The molecule has 0 unspecified atom stereocenters. The first-order valence-corrected chi connectivity index (χ1v) is 13.9. The average Bonchev–Trinajstić information content (AvgIpc) is 3.65. The summed E-state index contributed by atoms with van der Waals surface area (Å²) in [5.74, 6) is 2.11. The summed E-state index contributed by atoms with van der Waals surface area (Å²) in [5.41, 5.74) is 2.29. The molecule has 1 atom stereocenters. The van der Waals surface area contributed by atoms with E-state index in [0.717, 1.165) is 19.4 Å². The molecule has 0 aliphatic carbocycles. The first-order valence-electron chi connectivity index (χ1n) is 13.6. The third-order valence-electron chi connectivity index (χ3n) is 7.25. The van der Waals surface area contributed by atoms with Crippen LogP contribution in [0.5, 0.6) is 23.0 Å². The van der Waals surface area contributed by atoms with Crippen molar-refractivity contribution >= 4 is 51.3 Å².